The van der Waals surface area contributed by atoms with E-state index >= 15 is 0 Å². The summed E-state index contributed by atoms with van der Waals surface area (Å²) in [6.07, 6.45) is 2.16. The number of hydrogen-bond donors (Lipinski definition) is 1. The van der Waals surface area contributed by atoms with Gasteiger partial charge in [-0.05, 0) is 35.4 Å². The standard InChI is InChI=1S/C23H21F3N4O2/c24-16-2-1-14-8-20(9-15(14)7-16)32-22-21(29-5-3-27-4-6-29)13-28-30(23(22)31)19-11-17(25)10-18(26)12-19/h1-2,7,10-13,20,27H,3-6,8-9H2/p+1. The first-order chi connectivity index (χ1) is 15.5. The smallest absolute Gasteiger partial charge is 0.316 e. The van der Waals surface area contributed by atoms with Gasteiger partial charge in [-0.3, -0.25) is 4.79 Å². The fourth-order valence-corrected chi connectivity index (χ4v) is 4.40. The lowest BCUT2D eigenvalue weighted by molar-refractivity contribution is -0.655. The molecule has 1 atom stereocenters. The van der Waals surface area contributed by atoms with Gasteiger partial charge in [0.1, 0.15) is 29.2 Å². The molecule has 0 spiro atoms. The minimum Gasteiger partial charge on any atom is -0.482 e. The van der Waals surface area contributed by atoms with E-state index in [4.69, 9.17) is 4.74 Å². The molecule has 1 aliphatic carbocycles. The lowest BCUT2D eigenvalue weighted by Crippen LogP contribution is -2.89. The average molecular weight is 443 g/mol. The van der Waals surface area contributed by atoms with Crippen LogP contribution in [0.4, 0.5) is 18.9 Å². The molecule has 3 aromatic rings. The molecule has 0 saturated carbocycles. The molecule has 5 rings (SSSR count). The number of halogens is 3. The van der Waals surface area contributed by atoms with Crippen LogP contribution in [0.5, 0.6) is 5.75 Å². The molecule has 1 fully saturated rings. The van der Waals surface area contributed by atoms with Gasteiger partial charge in [-0.1, -0.05) is 6.07 Å². The van der Waals surface area contributed by atoms with E-state index in [1.165, 1.54) is 18.3 Å². The van der Waals surface area contributed by atoms with Gasteiger partial charge in [0.2, 0.25) is 5.75 Å². The van der Waals surface area contributed by atoms with Crippen LogP contribution in [0.1, 0.15) is 11.1 Å². The largest absolute Gasteiger partial charge is 0.482 e. The number of fused-ring (bicyclic) bond motifs is 1. The summed E-state index contributed by atoms with van der Waals surface area (Å²) in [4.78, 5) is 15.4. The highest BCUT2D eigenvalue weighted by atomic mass is 19.1. The lowest BCUT2D eigenvalue weighted by atomic mass is 10.1. The van der Waals surface area contributed by atoms with Crippen LogP contribution >= 0.6 is 0 Å². The molecule has 6 nitrogen and oxygen atoms in total. The number of piperazine rings is 1. The first kappa shape index (κ1) is 20.6. The van der Waals surface area contributed by atoms with Crippen LogP contribution in [0.3, 0.4) is 0 Å². The van der Waals surface area contributed by atoms with Gasteiger partial charge < -0.3 is 15.0 Å². The highest BCUT2D eigenvalue weighted by molar-refractivity contribution is 5.57. The van der Waals surface area contributed by atoms with Gasteiger partial charge in [0.15, 0.2) is 0 Å². The molecule has 2 heterocycles. The fraction of sp³-hybridized carbons (Fsp3) is 0.304. The molecule has 166 valence electrons. The summed E-state index contributed by atoms with van der Waals surface area (Å²) in [5.41, 5.74) is 1.77. The lowest BCUT2D eigenvalue weighted by Gasteiger charge is -2.29. The number of nitrogens with zero attached hydrogens (tertiary/aromatic N) is 3. The topological polar surface area (TPSA) is 64.0 Å². The number of hydrogen-bond acceptors (Lipinski definition) is 4. The molecular weight excluding hydrogens is 421 g/mol. The van der Waals surface area contributed by atoms with Crippen molar-refractivity contribution in [2.75, 3.05) is 31.1 Å². The van der Waals surface area contributed by atoms with Crippen LogP contribution in [-0.2, 0) is 12.8 Å². The number of nitrogens with two attached hydrogens (primary N) is 1. The molecule has 0 radical (unpaired) electrons. The first-order valence-electron chi connectivity index (χ1n) is 10.6. The zero-order valence-electron chi connectivity index (χ0n) is 17.2. The summed E-state index contributed by atoms with van der Waals surface area (Å²) in [7, 11) is 0. The number of aromatic nitrogens is 2. The van der Waals surface area contributed by atoms with Crippen molar-refractivity contribution < 1.29 is 23.2 Å². The van der Waals surface area contributed by atoms with Crippen molar-refractivity contribution in [3.05, 3.63) is 81.5 Å². The second kappa shape index (κ2) is 8.31. The van der Waals surface area contributed by atoms with E-state index in [2.05, 4.69) is 10.4 Å². The number of rotatable bonds is 4. The van der Waals surface area contributed by atoms with Crippen molar-refractivity contribution in [2.45, 2.75) is 18.9 Å². The SMILES string of the molecule is O=c1c(OC2Cc3ccc(F)cc3C2)c(N2CC[NH2+]CC2)cnn1-c1cc(F)cc(F)c1. The fourth-order valence-electron chi connectivity index (χ4n) is 4.40. The van der Waals surface area contributed by atoms with Crippen LogP contribution < -0.4 is 20.5 Å². The second-order valence-electron chi connectivity index (χ2n) is 8.12. The Bertz CT molecular complexity index is 1200. The first-order valence-corrected chi connectivity index (χ1v) is 10.6. The molecule has 1 aliphatic heterocycles. The second-order valence-corrected chi connectivity index (χ2v) is 8.12. The third-order valence-corrected chi connectivity index (χ3v) is 5.90. The van der Waals surface area contributed by atoms with Crippen molar-refractivity contribution in [2.24, 2.45) is 0 Å². The summed E-state index contributed by atoms with van der Waals surface area (Å²) in [5, 5.41) is 6.37. The zero-order chi connectivity index (χ0) is 22.2. The van der Waals surface area contributed by atoms with Gasteiger partial charge in [0.25, 0.3) is 0 Å². The molecular formula is C23H22F3N4O2+. The Labute approximate surface area is 182 Å². The van der Waals surface area contributed by atoms with Gasteiger partial charge in [-0.2, -0.15) is 9.78 Å². The van der Waals surface area contributed by atoms with Crippen LogP contribution in [-0.4, -0.2) is 42.1 Å². The Morgan fingerprint density at radius 3 is 2.41 bits per heavy atom. The highest BCUT2D eigenvalue weighted by Gasteiger charge is 2.28. The highest BCUT2D eigenvalue weighted by Crippen LogP contribution is 2.30. The normalized spacial score (nSPS) is 18.0. The van der Waals surface area contributed by atoms with Gasteiger partial charge in [0, 0.05) is 18.9 Å². The van der Waals surface area contributed by atoms with Crippen molar-refractivity contribution in [3.63, 3.8) is 0 Å². The maximum atomic E-state index is 13.8. The van der Waals surface area contributed by atoms with E-state index in [9.17, 15) is 18.0 Å². The van der Waals surface area contributed by atoms with Crippen LogP contribution in [0.25, 0.3) is 5.69 Å². The van der Waals surface area contributed by atoms with E-state index in [0.717, 1.165) is 47.1 Å². The quantitative estimate of drug-likeness (QED) is 0.665. The maximum Gasteiger partial charge on any atom is 0.316 e. The Kier molecular flexibility index (Phi) is 5.34. The van der Waals surface area contributed by atoms with Crippen molar-refractivity contribution in [3.8, 4) is 11.4 Å². The third kappa shape index (κ3) is 3.95. The van der Waals surface area contributed by atoms with Gasteiger partial charge >= 0.3 is 5.56 Å². The van der Waals surface area contributed by atoms with E-state index in [1.807, 2.05) is 4.90 Å². The molecule has 1 saturated heterocycles. The summed E-state index contributed by atoms with van der Waals surface area (Å²) in [6.45, 7) is 3.16. The van der Waals surface area contributed by atoms with E-state index in [1.54, 1.807) is 6.07 Å². The predicted molar refractivity (Wildman–Crippen MR) is 112 cm³/mol. The van der Waals surface area contributed by atoms with E-state index < -0.39 is 17.2 Å². The molecule has 9 heteroatoms. The molecule has 0 bridgehead atoms. The Morgan fingerprint density at radius 1 is 0.938 bits per heavy atom. The molecule has 1 aromatic heterocycles. The van der Waals surface area contributed by atoms with E-state index in [-0.39, 0.29) is 23.4 Å². The van der Waals surface area contributed by atoms with Crippen LogP contribution in [0, 0.1) is 17.5 Å². The van der Waals surface area contributed by atoms with E-state index in [0.29, 0.717) is 31.6 Å². The Balaban J connectivity index is 1.54. The summed E-state index contributed by atoms with van der Waals surface area (Å²) < 4.78 is 48.3. The van der Waals surface area contributed by atoms with Gasteiger partial charge in [0.05, 0.1) is 38.1 Å². The summed E-state index contributed by atoms with van der Waals surface area (Å²) >= 11 is 0. The van der Waals surface area contributed by atoms with Crippen LogP contribution in [0.2, 0.25) is 0 Å². The molecule has 1 unspecified atom stereocenters. The molecule has 2 aromatic carbocycles. The van der Waals surface area contributed by atoms with Crippen molar-refractivity contribution in [1.82, 2.24) is 9.78 Å². The Hall–Kier alpha value is -3.33. The summed E-state index contributed by atoms with van der Waals surface area (Å²) in [6, 6.07) is 7.46. The third-order valence-electron chi connectivity index (χ3n) is 5.90. The number of ether oxygens (including phenoxy) is 1. The Morgan fingerprint density at radius 2 is 1.66 bits per heavy atom. The number of anilines is 1. The number of quaternary nitrogens is 1. The molecule has 2 aliphatic rings. The van der Waals surface area contributed by atoms with Crippen molar-refractivity contribution in [1.29, 1.82) is 0 Å². The summed E-state index contributed by atoms with van der Waals surface area (Å²) in [5.74, 6) is -1.83. The number of benzene rings is 2. The minimum atomic E-state index is -0.805. The average Bonchev–Trinajstić information content (AvgIpc) is 3.16. The predicted octanol–water partition coefficient (Wildman–Crippen LogP) is 1.58. The minimum absolute atomic E-state index is 0.0207. The molecule has 32 heavy (non-hydrogen) atoms. The maximum absolute atomic E-state index is 13.8. The zero-order valence-corrected chi connectivity index (χ0v) is 17.2. The van der Waals surface area contributed by atoms with Crippen molar-refractivity contribution >= 4 is 5.69 Å². The monoisotopic (exact) mass is 443 g/mol. The molecule has 0 amide bonds. The van der Waals surface area contributed by atoms with Crippen LogP contribution in [0.15, 0.2) is 47.4 Å². The van der Waals surface area contributed by atoms with Gasteiger partial charge in [-0.15, -0.1) is 0 Å². The molecule has 2 N–H and O–H groups in total. The van der Waals surface area contributed by atoms with Gasteiger partial charge in [-0.25, -0.2) is 13.2 Å².